The van der Waals surface area contributed by atoms with Crippen molar-refractivity contribution in [3.05, 3.63) is 64.9 Å². The first kappa shape index (κ1) is 17.6. The molecule has 0 radical (unpaired) electrons. The van der Waals surface area contributed by atoms with Gasteiger partial charge in [-0.25, -0.2) is 0 Å². The highest BCUT2D eigenvalue weighted by atomic mass is 16.3. The Morgan fingerprint density at radius 3 is 2.89 bits per heavy atom. The number of hydrogen-bond donors (Lipinski definition) is 2. The molecule has 0 bridgehead atoms. The van der Waals surface area contributed by atoms with E-state index in [9.17, 15) is 4.79 Å². The second-order valence-corrected chi connectivity index (χ2v) is 7.52. The Balaban J connectivity index is 1.66. The van der Waals surface area contributed by atoms with E-state index >= 15 is 0 Å². The predicted octanol–water partition coefficient (Wildman–Crippen LogP) is 3.88. The summed E-state index contributed by atoms with van der Waals surface area (Å²) >= 11 is 0. The van der Waals surface area contributed by atoms with E-state index in [4.69, 9.17) is 10.2 Å². The van der Waals surface area contributed by atoms with Gasteiger partial charge >= 0.3 is 0 Å². The molecular weight excluding hydrogens is 338 g/mol. The van der Waals surface area contributed by atoms with Crippen molar-refractivity contribution in [2.75, 3.05) is 19.8 Å². The van der Waals surface area contributed by atoms with Gasteiger partial charge in [0, 0.05) is 23.2 Å². The number of nitrogens with zero attached hydrogens (tertiary/aromatic N) is 1. The van der Waals surface area contributed by atoms with Crippen molar-refractivity contribution < 1.29 is 9.21 Å². The van der Waals surface area contributed by atoms with Crippen molar-refractivity contribution in [2.45, 2.75) is 31.8 Å². The number of benzene rings is 2. The number of nitrogen functional groups attached to an aromatic ring is 1. The largest absolute Gasteiger partial charge is 0.451 e. The summed E-state index contributed by atoms with van der Waals surface area (Å²) in [6.07, 6.45) is 2.96. The molecule has 1 aromatic heterocycles. The summed E-state index contributed by atoms with van der Waals surface area (Å²) < 4.78 is 5.95. The highest BCUT2D eigenvalue weighted by molar-refractivity contribution is 5.99. The molecule has 5 nitrogen and oxygen atoms in total. The van der Waals surface area contributed by atoms with Crippen LogP contribution >= 0.6 is 0 Å². The lowest BCUT2D eigenvalue weighted by Gasteiger charge is -2.26. The van der Waals surface area contributed by atoms with Crippen LogP contribution in [0.2, 0.25) is 0 Å². The number of carbonyl (C=O) groups excluding carboxylic acids is 1. The molecule has 1 unspecified atom stereocenters. The predicted molar refractivity (Wildman–Crippen MR) is 108 cm³/mol. The second-order valence-electron chi connectivity index (χ2n) is 7.52. The highest BCUT2D eigenvalue weighted by Gasteiger charge is 2.26. The Morgan fingerprint density at radius 1 is 1.26 bits per heavy atom. The van der Waals surface area contributed by atoms with Crippen LogP contribution in [0.25, 0.3) is 11.0 Å². The van der Waals surface area contributed by atoms with Gasteiger partial charge in [0.15, 0.2) is 5.76 Å². The summed E-state index contributed by atoms with van der Waals surface area (Å²) in [6.45, 7) is 0.650. The molecule has 1 amide bonds. The topological polar surface area (TPSA) is 71.5 Å². The first-order valence-electron chi connectivity index (χ1n) is 9.37. The van der Waals surface area contributed by atoms with Crippen LogP contribution in [0.5, 0.6) is 0 Å². The third kappa shape index (κ3) is 3.43. The zero-order valence-corrected chi connectivity index (χ0v) is 15.8. The van der Waals surface area contributed by atoms with E-state index in [1.165, 1.54) is 5.56 Å². The molecule has 0 fully saturated rings. The molecule has 1 atom stereocenters. The molecule has 1 heterocycles. The van der Waals surface area contributed by atoms with E-state index in [2.05, 4.69) is 5.32 Å². The molecule has 0 saturated carbocycles. The Labute approximate surface area is 159 Å². The van der Waals surface area contributed by atoms with Crippen molar-refractivity contribution in [1.82, 2.24) is 10.2 Å². The molecule has 140 valence electrons. The van der Waals surface area contributed by atoms with E-state index in [1.54, 1.807) is 0 Å². The molecule has 3 aromatic rings. The van der Waals surface area contributed by atoms with Crippen molar-refractivity contribution in [1.29, 1.82) is 0 Å². The number of rotatable bonds is 4. The third-order valence-electron chi connectivity index (χ3n) is 5.17. The first-order valence-corrected chi connectivity index (χ1v) is 9.37. The molecule has 4 rings (SSSR count). The maximum atomic E-state index is 13.1. The van der Waals surface area contributed by atoms with E-state index in [1.807, 2.05) is 61.5 Å². The Kier molecular flexibility index (Phi) is 4.62. The maximum Gasteiger partial charge on any atom is 0.287 e. The summed E-state index contributed by atoms with van der Waals surface area (Å²) in [5.74, 6) is 0.255. The normalized spacial score (nSPS) is 16.5. The van der Waals surface area contributed by atoms with Crippen molar-refractivity contribution in [3.63, 3.8) is 0 Å². The van der Waals surface area contributed by atoms with Crippen LogP contribution in [0, 0.1) is 0 Å². The smallest absolute Gasteiger partial charge is 0.287 e. The van der Waals surface area contributed by atoms with Gasteiger partial charge in [0.05, 0.1) is 6.04 Å². The minimum atomic E-state index is -0.155. The zero-order valence-electron chi connectivity index (χ0n) is 15.8. The SMILES string of the molecule is CN(C)Cc1c(C(=O)NC2CCCc3cc(N)ccc32)oc2ccccc12. The van der Waals surface area contributed by atoms with Gasteiger partial charge in [0.25, 0.3) is 5.91 Å². The van der Waals surface area contributed by atoms with Crippen molar-refractivity contribution in [2.24, 2.45) is 0 Å². The lowest BCUT2D eigenvalue weighted by molar-refractivity contribution is 0.0904. The number of para-hydroxylation sites is 1. The van der Waals surface area contributed by atoms with Gasteiger partial charge in [-0.05, 0) is 62.7 Å². The van der Waals surface area contributed by atoms with Crippen LogP contribution in [0.15, 0.2) is 46.9 Å². The van der Waals surface area contributed by atoms with Crippen LogP contribution in [0.1, 0.15) is 46.1 Å². The van der Waals surface area contributed by atoms with Crippen LogP contribution in [-0.2, 0) is 13.0 Å². The number of amides is 1. The maximum absolute atomic E-state index is 13.1. The summed E-state index contributed by atoms with van der Waals surface area (Å²) in [5.41, 5.74) is 10.8. The highest BCUT2D eigenvalue weighted by Crippen LogP contribution is 2.32. The Morgan fingerprint density at radius 2 is 2.07 bits per heavy atom. The van der Waals surface area contributed by atoms with Crippen LogP contribution in [-0.4, -0.2) is 24.9 Å². The molecule has 0 aliphatic heterocycles. The van der Waals surface area contributed by atoms with Crippen molar-refractivity contribution in [3.8, 4) is 0 Å². The number of aryl methyl sites for hydroxylation is 1. The molecule has 0 saturated heterocycles. The Hall–Kier alpha value is -2.79. The summed E-state index contributed by atoms with van der Waals surface area (Å²) in [6, 6.07) is 13.8. The average Bonchev–Trinajstić information content (AvgIpc) is 3.00. The number of nitrogens with one attached hydrogen (secondary N) is 1. The van der Waals surface area contributed by atoms with E-state index in [0.29, 0.717) is 12.3 Å². The lowest BCUT2D eigenvalue weighted by atomic mass is 9.87. The fourth-order valence-corrected chi connectivity index (χ4v) is 3.96. The van der Waals surface area contributed by atoms with Gasteiger partial charge in [0.1, 0.15) is 5.58 Å². The zero-order chi connectivity index (χ0) is 19.0. The van der Waals surface area contributed by atoms with Gasteiger partial charge in [-0.15, -0.1) is 0 Å². The molecule has 1 aliphatic carbocycles. The van der Waals surface area contributed by atoms with Gasteiger partial charge in [-0.3, -0.25) is 4.79 Å². The van der Waals surface area contributed by atoms with Gasteiger partial charge < -0.3 is 20.4 Å². The lowest BCUT2D eigenvalue weighted by Crippen LogP contribution is -2.31. The molecule has 5 heteroatoms. The molecule has 1 aliphatic rings. The number of anilines is 1. The minimum absolute atomic E-state index is 0.0118. The number of carbonyl (C=O) groups is 1. The number of furan rings is 1. The third-order valence-corrected chi connectivity index (χ3v) is 5.17. The molecule has 2 aromatic carbocycles. The monoisotopic (exact) mass is 363 g/mol. The first-order chi connectivity index (χ1) is 13.0. The molecule has 0 spiro atoms. The molecular formula is C22H25N3O2. The fraction of sp³-hybridized carbons (Fsp3) is 0.318. The summed E-state index contributed by atoms with van der Waals surface area (Å²) in [7, 11) is 3.98. The quantitative estimate of drug-likeness (QED) is 0.690. The molecule has 27 heavy (non-hydrogen) atoms. The van der Waals surface area contributed by atoms with Crippen LogP contribution < -0.4 is 11.1 Å². The minimum Gasteiger partial charge on any atom is -0.451 e. The van der Waals surface area contributed by atoms with E-state index < -0.39 is 0 Å². The van der Waals surface area contributed by atoms with Gasteiger partial charge in [-0.2, -0.15) is 0 Å². The van der Waals surface area contributed by atoms with Crippen LogP contribution in [0.3, 0.4) is 0 Å². The summed E-state index contributed by atoms with van der Waals surface area (Å²) in [5, 5.41) is 4.19. The Bertz CT molecular complexity index is 990. The summed E-state index contributed by atoms with van der Waals surface area (Å²) in [4.78, 5) is 15.2. The van der Waals surface area contributed by atoms with E-state index in [0.717, 1.165) is 47.0 Å². The number of nitrogens with two attached hydrogens (primary N) is 1. The van der Waals surface area contributed by atoms with Crippen LogP contribution in [0.4, 0.5) is 5.69 Å². The number of fused-ring (bicyclic) bond motifs is 2. The van der Waals surface area contributed by atoms with Crippen molar-refractivity contribution >= 4 is 22.6 Å². The van der Waals surface area contributed by atoms with Gasteiger partial charge in [0.2, 0.25) is 0 Å². The fourth-order valence-electron chi connectivity index (χ4n) is 3.96. The number of hydrogen-bond acceptors (Lipinski definition) is 4. The van der Waals surface area contributed by atoms with E-state index in [-0.39, 0.29) is 11.9 Å². The second kappa shape index (κ2) is 7.08. The average molecular weight is 363 g/mol. The standard InChI is InChI=1S/C22H25N3O2/c1-25(2)13-18-17-7-3-4-9-20(17)27-21(18)22(26)24-19-8-5-6-14-12-15(23)10-11-16(14)19/h3-4,7,9-12,19H,5-6,8,13,23H2,1-2H3,(H,24,26). The van der Waals surface area contributed by atoms with Gasteiger partial charge in [-0.1, -0.05) is 24.3 Å². The molecule has 3 N–H and O–H groups in total.